The summed E-state index contributed by atoms with van der Waals surface area (Å²) in [6.07, 6.45) is 0. The van der Waals surface area contributed by atoms with Crippen molar-refractivity contribution < 1.29 is 37.0 Å². The molecule has 0 aliphatic carbocycles. The molecule has 0 radical (unpaired) electrons. The minimum Gasteiger partial charge on any atom is -0.452 e. The van der Waals surface area contributed by atoms with Crippen LogP contribution in [0, 0.1) is 5.82 Å². The zero-order valence-electron chi connectivity index (χ0n) is 13.6. The molecular weight excluding hydrogens is 369 g/mol. The van der Waals surface area contributed by atoms with Gasteiger partial charge in [0.2, 0.25) is 0 Å². The van der Waals surface area contributed by atoms with Crippen molar-refractivity contribution in [2.45, 2.75) is 6.61 Å². The Morgan fingerprint density at radius 1 is 1.04 bits per heavy atom. The van der Waals surface area contributed by atoms with Gasteiger partial charge >= 0.3 is 18.6 Å². The average molecular weight is 382 g/mol. The molecule has 2 N–H and O–H groups in total. The Labute approximate surface area is 151 Å². The van der Waals surface area contributed by atoms with E-state index >= 15 is 0 Å². The Kier molecular flexibility index (Phi) is 6.75. The molecule has 2 rings (SSSR count). The number of urea groups is 1. The van der Waals surface area contributed by atoms with Gasteiger partial charge in [-0.25, -0.2) is 14.0 Å². The van der Waals surface area contributed by atoms with Crippen LogP contribution in [-0.2, 0) is 9.53 Å². The molecule has 0 spiro atoms. The van der Waals surface area contributed by atoms with Crippen LogP contribution in [0.15, 0.2) is 48.5 Å². The van der Waals surface area contributed by atoms with E-state index in [4.69, 9.17) is 0 Å². The second-order valence-corrected chi connectivity index (χ2v) is 4.96. The van der Waals surface area contributed by atoms with Crippen molar-refractivity contribution in [1.82, 2.24) is 5.32 Å². The minimum atomic E-state index is -3.06. The predicted octanol–water partition coefficient (Wildman–Crippen LogP) is 2.93. The summed E-state index contributed by atoms with van der Waals surface area (Å²) in [5.41, 5.74) is -0.271. The van der Waals surface area contributed by atoms with E-state index in [2.05, 4.69) is 14.8 Å². The van der Waals surface area contributed by atoms with Crippen molar-refractivity contribution in [3.05, 3.63) is 59.9 Å². The van der Waals surface area contributed by atoms with Crippen LogP contribution in [-0.4, -0.2) is 31.1 Å². The SMILES string of the molecule is O=C(COC(=O)c1cccc(OC(F)F)c1)NC(=O)Nc1ccccc1F. The molecule has 0 fully saturated rings. The largest absolute Gasteiger partial charge is 0.452 e. The number of hydrogen-bond acceptors (Lipinski definition) is 5. The molecule has 0 aliphatic rings. The number of halogens is 3. The number of carbonyl (C=O) groups excluding carboxylic acids is 3. The van der Waals surface area contributed by atoms with Crippen molar-refractivity contribution >= 4 is 23.6 Å². The molecular formula is C17H13F3N2O5. The number of alkyl halides is 2. The Hall–Kier alpha value is -3.56. The van der Waals surface area contributed by atoms with Crippen LogP contribution in [0.4, 0.5) is 23.7 Å². The van der Waals surface area contributed by atoms with Crippen molar-refractivity contribution in [2.75, 3.05) is 11.9 Å². The third-order valence-electron chi connectivity index (χ3n) is 3.00. The molecule has 2 aromatic rings. The van der Waals surface area contributed by atoms with Crippen molar-refractivity contribution in [2.24, 2.45) is 0 Å². The third kappa shape index (κ3) is 6.34. The first-order chi connectivity index (χ1) is 12.8. The number of hydrogen-bond donors (Lipinski definition) is 2. The second-order valence-electron chi connectivity index (χ2n) is 4.96. The summed E-state index contributed by atoms with van der Waals surface area (Å²) in [7, 11) is 0. The smallest absolute Gasteiger partial charge is 0.387 e. The quantitative estimate of drug-likeness (QED) is 0.750. The maximum atomic E-state index is 13.4. The summed E-state index contributed by atoms with van der Waals surface area (Å²) in [5, 5.41) is 3.96. The van der Waals surface area contributed by atoms with Crippen LogP contribution in [0.25, 0.3) is 0 Å². The predicted molar refractivity (Wildman–Crippen MR) is 86.9 cm³/mol. The van der Waals surface area contributed by atoms with Crippen molar-refractivity contribution in [1.29, 1.82) is 0 Å². The molecule has 142 valence electrons. The van der Waals surface area contributed by atoms with Crippen molar-refractivity contribution in [3.8, 4) is 5.75 Å². The molecule has 3 amide bonds. The number of esters is 1. The third-order valence-corrected chi connectivity index (χ3v) is 3.00. The van der Waals surface area contributed by atoms with Gasteiger partial charge in [0.05, 0.1) is 11.3 Å². The number of nitrogens with one attached hydrogen (secondary N) is 2. The number of amides is 3. The zero-order chi connectivity index (χ0) is 19.8. The van der Waals surface area contributed by atoms with Gasteiger partial charge in [-0.05, 0) is 30.3 Å². The lowest BCUT2D eigenvalue weighted by atomic mass is 10.2. The lowest BCUT2D eigenvalue weighted by Crippen LogP contribution is -2.37. The van der Waals surface area contributed by atoms with E-state index in [9.17, 15) is 27.6 Å². The molecule has 2 aromatic carbocycles. The van der Waals surface area contributed by atoms with Gasteiger partial charge in [0.1, 0.15) is 11.6 Å². The zero-order valence-corrected chi connectivity index (χ0v) is 13.6. The van der Waals surface area contributed by atoms with E-state index in [1.54, 1.807) is 0 Å². The monoisotopic (exact) mass is 382 g/mol. The van der Waals surface area contributed by atoms with Gasteiger partial charge in [0.25, 0.3) is 5.91 Å². The molecule has 10 heteroatoms. The van der Waals surface area contributed by atoms with Gasteiger partial charge in [0.15, 0.2) is 6.61 Å². The van der Waals surface area contributed by atoms with E-state index in [0.717, 1.165) is 12.1 Å². The summed E-state index contributed by atoms with van der Waals surface area (Å²) >= 11 is 0. The maximum Gasteiger partial charge on any atom is 0.387 e. The first-order valence-electron chi connectivity index (χ1n) is 7.42. The molecule has 0 saturated heterocycles. The summed E-state index contributed by atoms with van der Waals surface area (Å²) in [5.74, 6) is -2.91. The number of benzene rings is 2. The van der Waals surface area contributed by atoms with Crippen LogP contribution in [0.2, 0.25) is 0 Å². The molecule has 7 nitrogen and oxygen atoms in total. The molecule has 27 heavy (non-hydrogen) atoms. The van der Waals surface area contributed by atoms with Crippen LogP contribution < -0.4 is 15.4 Å². The van der Waals surface area contributed by atoms with Gasteiger partial charge in [-0.3, -0.25) is 10.1 Å². The van der Waals surface area contributed by atoms with E-state index in [0.29, 0.717) is 0 Å². The number of para-hydroxylation sites is 1. The molecule has 0 bridgehead atoms. The maximum absolute atomic E-state index is 13.4. The van der Waals surface area contributed by atoms with Crippen molar-refractivity contribution in [3.63, 3.8) is 0 Å². The lowest BCUT2D eigenvalue weighted by Gasteiger charge is -2.09. The summed E-state index contributed by atoms with van der Waals surface area (Å²) in [6, 6.07) is 9.06. The molecule has 0 aromatic heterocycles. The number of carbonyl (C=O) groups is 3. The topological polar surface area (TPSA) is 93.7 Å². The molecule has 0 atom stereocenters. The fraction of sp³-hybridized carbons (Fsp3) is 0.118. The van der Waals surface area contributed by atoms with Crippen LogP contribution >= 0.6 is 0 Å². The first-order valence-corrected chi connectivity index (χ1v) is 7.42. The highest BCUT2D eigenvalue weighted by atomic mass is 19.3. The Balaban J connectivity index is 1.83. The van der Waals surface area contributed by atoms with Crippen LogP contribution in [0.1, 0.15) is 10.4 Å². The number of ether oxygens (including phenoxy) is 2. The van der Waals surface area contributed by atoms with E-state index < -0.39 is 36.9 Å². The van der Waals surface area contributed by atoms with E-state index in [-0.39, 0.29) is 17.0 Å². The number of rotatable bonds is 6. The minimum absolute atomic E-state index is 0.128. The second kappa shape index (κ2) is 9.22. The van der Waals surface area contributed by atoms with Gasteiger partial charge in [-0.15, -0.1) is 0 Å². The molecule has 0 unspecified atom stereocenters. The normalized spacial score (nSPS) is 10.2. The summed E-state index contributed by atoms with van der Waals surface area (Å²) in [6.45, 7) is -3.88. The Morgan fingerprint density at radius 2 is 1.78 bits per heavy atom. The fourth-order valence-electron chi connectivity index (χ4n) is 1.89. The molecule has 0 saturated carbocycles. The van der Waals surface area contributed by atoms with E-state index in [1.165, 1.54) is 36.4 Å². The summed E-state index contributed by atoms with van der Waals surface area (Å²) < 4.78 is 46.5. The lowest BCUT2D eigenvalue weighted by molar-refractivity contribution is -0.123. The number of anilines is 1. The first kappa shape index (κ1) is 19.8. The molecule has 0 heterocycles. The summed E-state index contributed by atoms with van der Waals surface area (Å²) in [4.78, 5) is 35.0. The average Bonchev–Trinajstić information content (AvgIpc) is 2.61. The number of imide groups is 1. The Bertz CT molecular complexity index is 845. The highest BCUT2D eigenvalue weighted by molar-refractivity contribution is 6.02. The van der Waals surface area contributed by atoms with Crippen LogP contribution in [0.3, 0.4) is 0 Å². The highest BCUT2D eigenvalue weighted by Crippen LogP contribution is 2.16. The van der Waals surface area contributed by atoms with E-state index in [1.807, 2.05) is 5.32 Å². The highest BCUT2D eigenvalue weighted by Gasteiger charge is 2.15. The standard InChI is InChI=1S/C17H13F3N2O5/c18-12-6-1-2-7-13(12)21-17(25)22-14(23)9-26-15(24)10-4-3-5-11(8-10)27-16(19)20/h1-8,16H,9H2,(H2,21,22,23,25). The van der Waals surface area contributed by atoms with Gasteiger partial charge < -0.3 is 14.8 Å². The molecule has 0 aliphatic heterocycles. The fourth-order valence-corrected chi connectivity index (χ4v) is 1.89. The van der Waals surface area contributed by atoms with Gasteiger partial charge in [0, 0.05) is 0 Å². The van der Waals surface area contributed by atoms with Gasteiger partial charge in [-0.2, -0.15) is 8.78 Å². The Morgan fingerprint density at radius 3 is 2.48 bits per heavy atom. The van der Waals surface area contributed by atoms with Crippen LogP contribution in [0.5, 0.6) is 5.75 Å². The van der Waals surface area contributed by atoms with Gasteiger partial charge in [-0.1, -0.05) is 18.2 Å².